The number of aromatic nitrogens is 3. The summed E-state index contributed by atoms with van der Waals surface area (Å²) in [5, 5.41) is 2.62. The molecule has 8 rings (SSSR count). The third-order valence-electron chi connectivity index (χ3n) is 9.53. The summed E-state index contributed by atoms with van der Waals surface area (Å²) in [6.45, 7) is 10.6. The molecular formula is C44H35N3. The van der Waals surface area contributed by atoms with Crippen LogP contribution >= 0.6 is 0 Å². The van der Waals surface area contributed by atoms with Crippen LogP contribution < -0.4 is 0 Å². The van der Waals surface area contributed by atoms with Crippen LogP contribution in [0, 0.1) is 0 Å². The first-order valence-electron chi connectivity index (χ1n) is 16.1. The predicted molar refractivity (Wildman–Crippen MR) is 198 cm³/mol. The van der Waals surface area contributed by atoms with Gasteiger partial charge in [0.1, 0.15) is 0 Å². The van der Waals surface area contributed by atoms with E-state index in [4.69, 9.17) is 9.97 Å². The van der Waals surface area contributed by atoms with Gasteiger partial charge in [0.15, 0.2) is 5.82 Å². The van der Waals surface area contributed by atoms with Gasteiger partial charge in [0.2, 0.25) is 0 Å². The van der Waals surface area contributed by atoms with Crippen LogP contribution in [0.25, 0.3) is 66.8 Å². The smallest absolute Gasteiger partial charge is 0.160 e. The SMILES string of the molecule is C=C/C=C\C=C(/C)c1cc(-c2ccc(-n3c4ccccc4c4c5c(ccc43)-c3ccccc3C5(C)C)cc2)nc(-c2ccccc2)n1. The Bertz CT molecular complexity index is 2390. The van der Waals surface area contributed by atoms with Crippen molar-refractivity contribution in [1.29, 1.82) is 0 Å². The summed E-state index contributed by atoms with van der Waals surface area (Å²) in [7, 11) is 0. The first-order chi connectivity index (χ1) is 23.0. The molecule has 5 aromatic carbocycles. The summed E-state index contributed by atoms with van der Waals surface area (Å²) in [5.41, 5.74) is 13.8. The molecule has 3 nitrogen and oxygen atoms in total. The number of allylic oxidation sites excluding steroid dienone is 5. The Morgan fingerprint density at radius 3 is 2.26 bits per heavy atom. The average molecular weight is 606 g/mol. The molecule has 0 atom stereocenters. The molecule has 1 aliphatic rings. The van der Waals surface area contributed by atoms with E-state index in [9.17, 15) is 0 Å². The topological polar surface area (TPSA) is 30.7 Å². The van der Waals surface area contributed by atoms with Crippen molar-refractivity contribution in [1.82, 2.24) is 14.5 Å². The fourth-order valence-electron chi connectivity index (χ4n) is 7.27. The highest BCUT2D eigenvalue weighted by atomic mass is 15.0. The van der Waals surface area contributed by atoms with Crippen LogP contribution in [0.1, 0.15) is 37.6 Å². The van der Waals surface area contributed by atoms with Crippen molar-refractivity contribution in [2.75, 3.05) is 0 Å². The zero-order valence-electron chi connectivity index (χ0n) is 26.9. The second kappa shape index (κ2) is 11.2. The number of fused-ring (bicyclic) bond motifs is 7. The summed E-state index contributed by atoms with van der Waals surface area (Å²) in [5.74, 6) is 0.711. The lowest BCUT2D eigenvalue weighted by Gasteiger charge is -2.22. The Morgan fingerprint density at radius 2 is 1.45 bits per heavy atom. The van der Waals surface area contributed by atoms with Crippen LogP contribution in [0.4, 0.5) is 0 Å². The molecule has 0 unspecified atom stereocenters. The molecule has 0 amide bonds. The molecule has 47 heavy (non-hydrogen) atoms. The Labute approximate surface area is 275 Å². The first-order valence-corrected chi connectivity index (χ1v) is 16.1. The van der Waals surface area contributed by atoms with Gasteiger partial charge in [-0.1, -0.05) is 136 Å². The van der Waals surface area contributed by atoms with Gasteiger partial charge in [-0.2, -0.15) is 0 Å². The van der Waals surface area contributed by atoms with E-state index in [1.165, 1.54) is 44.1 Å². The number of para-hydroxylation sites is 1. The maximum atomic E-state index is 5.04. The van der Waals surface area contributed by atoms with E-state index in [2.05, 4.69) is 141 Å². The molecule has 0 saturated heterocycles. The Hall–Kier alpha value is -5.80. The molecule has 7 aromatic rings. The van der Waals surface area contributed by atoms with Gasteiger partial charge < -0.3 is 4.57 Å². The van der Waals surface area contributed by atoms with E-state index in [0.29, 0.717) is 5.82 Å². The normalized spacial score (nSPS) is 13.7. The summed E-state index contributed by atoms with van der Waals surface area (Å²) in [6.07, 6.45) is 7.74. The summed E-state index contributed by atoms with van der Waals surface area (Å²) in [6, 6.07) is 43.4. The van der Waals surface area contributed by atoms with E-state index in [-0.39, 0.29) is 5.41 Å². The molecule has 0 bridgehead atoms. The van der Waals surface area contributed by atoms with Crippen LogP contribution in [-0.4, -0.2) is 14.5 Å². The van der Waals surface area contributed by atoms with Gasteiger partial charge >= 0.3 is 0 Å². The van der Waals surface area contributed by atoms with Crippen molar-refractivity contribution in [3.63, 3.8) is 0 Å². The lowest BCUT2D eigenvalue weighted by atomic mass is 9.80. The minimum Gasteiger partial charge on any atom is -0.309 e. The Morgan fingerprint density at radius 1 is 0.702 bits per heavy atom. The van der Waals surface area contributed by atoms with Crippen LogP contribution in [-0.2, 0) is 5.41 Å². The lowest BCUT2D eigenvalue weighted by molar-refractivity contribution is 0.666. The second-order valence-corrected chi connectivity index (χ2v) is 12.8. The molecule has 0 saturated carbocycles. The molecule has 1 aliphatic carbocycles. The molecule has 0 spiro atoms. The van der Waals surface area contributed by atoms with Gasteiger partial charge in [-0.15, -0.1) is 0 Å². The van der Waals surface area contributed by atoms with Crippen molar-refractivity contribution in [2.45, 2.75) is 26.2 Å². The molecule has 0 aliphatic heterocycles. The van der Waals surface area contributed by atoms with E-state index in [1.807, 2.05) is 30.4 Å². The van der Waals surface area contributed by atoms with Crippen LogP contribution in [0.3, 0.4) is 0 Å². The van der Waals surface area contributed by atoms with Gasteiger partial charge in [0.25, 0.3) is 0 Å². The molecule has 226 valence electrons. The zero-order valence-corrected chi connectivity index (χ0v) is 26.9. The monoisotopic (exact) mass is 605 g/mol. The maximum Gasteiger partial charge on any atom is 0.160 e. The fourth-order valence-corrected chi connectivity index (χ4v) is 7.27. The summed E-state index contributed by atoms with van der Waals surface area (Å²) in [4.78, 5) is 9.99. The lowest BCUT2D eigenvalue weighted by Crippen LogP contribution is -2.15. The summed E-state index contributed by atoms with van der Waals surface area (Å²) >= 11 is 0. The third kappa shape index (κ3) is 4.66. The van der Waals surface area contributed by atoms with Crippen LogP contribution in [0.5, 0.6) is 0 Å². The molecule has 0 radical (unpaired) electrons. The minimum atomic E-state index is -0.0977. The number of benzene rings is 5. The number of nitrogens with zero attached hydrogens (tertiary/aromatic N) is 3. The van der Waals surface area contributed by atoms with Gasteiger partial charge in [-0.25, -0.2) is 9.97 Å². The third-order valence-corrected chi connectivity index (χ3v) is 9.53. The van der Waals surface area contributed by atoms with Gasteiger partial charge in [-0.3, -0.25) is 0 Å². The van der Waals surface area contributed by atoms with Crippen LogP contribution in [0.2, 0.25) is 0 Å². The van der Waals surface area contributed by atoms with Gasteiger partial charge in [0, 0.05) is 33.0 Å². The molecule has 0 fully saturated rings. The van der Waals surface area contributed by atoms with E-state index < -0.39 is 0 Å². The van der Waals surface area contributed by atoms with Crippen molar-refractivity contribution in [2.24, 2.45) is 0 Å². The van der Waals surface area contributed by atoms with Crippen molar-refractivity contribution < 1.29 is 0 Å². The standard InChI is InChI=1S/C44H35N3/c1-5-6-8-15-29(2)37-28-38(46-43(45-37)31-16-9-7-10-17-31)30-22-24-32(25-23-30)47-39-21-14-12-19-35(39)41-40(47)27-26-34-33-18-11-13-20-36(33)44(3,4)42(34)41/h5-28H,1H2,2-4H3/b8-6-,29-15+. The van der Waals surface area contributed by atoms with Crippen molar-refractivity contribution in [3.05, 3.63) is 169 Å². The molecule has 3 heteroatoms. The van der Waals surface area contributed by atoms with Crippen molar-refractivity contribution >= 4 is 27.4 Å². The van der Waals surface area contributed by atoms with Crippen molar-refractivity contribution in [3.8, 4) is 39.5 Å². The number of hydrogen-bond donors (Lipinski definition) is 0. The molecule has 0 N–H and O–H groups in total. The molecular weight excluding hydrogens is 571 g/mol. The largest absolute Gasteiger partial charge is 0.309 e. The summed E-state index contributed by atoms with van der Waals surface area (Å²) < 4.78 is 2.41. The maximum absolute atomic E-state index is 5.04. The van der Waals surface area contributed by atoms with E-state index >= 15 is 0 Å². The van der Waals surface area contributed by atoms with E-state index in [1.54, 1.807) is 6.08 Å². The number of hydrogen-bond acceptors (Lipinski definition) is 2. The zero-order chi connectivity index (χ0) is 32.1. The highest BCUT2D eigenvalue weighted by Gasteiger charge is 2.37. The highest BCUT2D eigenvalue weighted by Crippen LogP contribution is 2.53. The first kappa shape index (κ1) is 28.7. The van der Waals surface area contributed by atoms with Crippen LogP contribution in [0.15, 0.2) is 152 Å². The fraction of sp³-hybridized carbons (Fsp3) is 0.0909. The molecule has 2 aromatic heterocycles. The second-order valence-electron chi connectivity index (χ2n) is 12.8. The van der Waals surface area contributed by atoms with Gasteiger partial charge in [0.05, 0.1) is 22.4 Å². The Balaban J connectivity index is 1.27. The average Bonchev–Trinajstić information content (AvgIpc) is 3.57. The van der Waals surface area contributed by atoms with Gasteiger partial charge in [-0.05, 0) is 65.1 Å². The highest BCUT2D eigenvalue weighted by molar-refractivity contribution is 6.14. The minimum absolute atomic E-state index is 0.0977. The Kier molecular flexibility index (Phi) is 6.84. The van der Waals surface area contributed by atoms with E-state index in [0.717, 1.165) is 33.8 Å². The number of rotatable bonds is 6. The molecule has 2 heterocycles. The predicted octanol–water partition coefficient (Wildman–Crippen LogP) is 11.4. The quantitative estimate of drug-likeness (QED) is 0.177.